The number of hydrogen-bond acceptors (Lipinski definition) is 4. The topological polar surface area (TPSA) is 50.4 Å². The third-order valence-corrected chi connectivity index (χ3v) is 3.42. The van der Waals surface area contributed by atoms with Gasteiger partial charge < -0.3 is 9.52 Å². The second-order valence-corrected chi connectivity index (χ2v) is 4.58. The molecule has 0 atom stereocenters. The summed E-state index contributed by atoms with van der Waals surface area (Å²) >= 11 is 1.56. The van der Waals surface area contributed by atoms with Crippen molar-refractivity contribution in [2.75, 3.05) is 0 Å². The maximum absolute atomic E-state index is 11.5. The van der Waals surface area contributed by atoms with Crippen LogP contribution in [0, 0.1) is 0 Å². The smallest absolute Gasteiger partial charge is 0.336 e. The van der Waals surface area contributed by atoms with Crippen LogP contribution in [-0.4, -0.2) is 5.11 Å². The fourth-order valence-corrected chi connectivity index (χ4v) is 2.54. The van der Waals surface area contributed by atoms with Crippen LogP contribution in [0.1, 0.15) is 0 Å². The molecule has 0 bridgehead atoms. The SMILES string of the molecule is O=c1cc(-c2cccs2)c2ccc(O)cc2o1. The largest absolute Gasteiger partial charge is 0.508 e. The van der Waals surface area contributed by atoms with Crippen LogP contribution in [0.4, 0.5) is 0 Å². The monoisotopic (exact) mass is 244 g/mol. The fraction of sp³-hybridized carbons (Fsp3) is 0. The van der Waals surface area contributed by atoms with Crippen molar-refractivity contribution in [1.29, 1.82) is 0 Å². The molecule has 3 nitrogen and oxygen atoms in total. The van der Waals surface area contributed by atoms with Gasteiger partial charge in [0, 0.05) is 28.0 Å². The van der Waals surface area contributed by atoms with Crippen molar-refractivity contribution in [3.05, 3.63) is 52.2 Å². The summed E-state index contributed by atoms with van der Waals surface area (Å²) in [6.45, 7) is 0. The molecular weight excluding hydrogens is 236 g/mol. The first kappa shape index (κ1) is 10.1. The second-order valence-electron chi connectivity index (χ2n) is 3.64. The molecule has 1 N–H and O–H groups in total. The molecule has 0 unspecified atom stereocenters. The second kappa shape index (κ2) is 3.75. The normalized spacial score (nSPS) is 10.8. The van der Waals surface area contributed by atoms with Gasteiger partial charge in [0.1, 0.15) is 11.3 Å². The van der Waals surface area contributed by atoms with Gasteiger partial charge in [-0.2, -0.15) is 0 Å². The Balaban J connectivity index is 2.42. The van der Waals surface area contributed by atoms with E-state index >= 15 is 0 Å². The zero-order chi connectivity index (χ0) is 11.8. The van der Waals surface area contributed by atoms with Crippen molar-refractivity contribution in [3.63, 3.8) is 0 Å². The zero-order valence-corrected chi connectivity index (χ0v) is 9.53. The van der Waals surface area contributed by atoms with E-state index in [9.17, 15) is 9.90 Å². The standard InChI is InChI=1S/C13H8O3S/c14-8-3-4-9-10(12-2-1-5-17-12)7-13(15)16-11(9)6-8/h1-7,14H. The lowest BCUT2D eigenvalue weighted by atomic mass is 10.1. The van der Waals surface area contributed by atoms with Gasteiger partial charge >= 0.3 is 5.63 Å². The Morgan fingerprint density at radius 3 is 2.82 bits per heavy atom. The Morgan fingerprint density at radius 1 is 1.18 bits per heavy atom. The van der Waals surface area contributed by atoms with E-state index in [1.165, 1.54) is 12.1 Å². The molecule has 17 heavy (non-hydrogen) atoms. The van der Waals surface area contributed by atoms with Crippen molar-refractivity contribution in [2.24, 2.45) is 0 Å². The third kappa shape index (κ3) is 1.72. The van der Waals surface area contributed by atoms with Crippen LogP contribution in [0.25, 0.3) is 21.4 Å². The lowest BCUT2D eigenvalue weighted by Gasteiger charge is -2.03. The van der Waals surface area contributed by atoms with Gasteiger partial charge in [0.05, 0.1) is 0 Å². The number of fused-ring (bicyclic) bond motifs is 1. The first-order valence-corrected chi connectivity index (χ1v) is 5.93. The summed E-state index contributed by atoms with van der Waals surface area (Å²) in [6, 6.07) is 10.1. The van der Waals surface area contributed by atoms with Crippen molar-refractivity contribution in [2.45, 2.75) is 0 Å². The average Bonchev–Trinajstić information content (AvgIpc) is 2.80. The van der Waals surface area contributed by atoms with Crippen LogP contribution >= 0.6 is 11.3 Å². The number of phenols is 1. The average molecular weight is 244 g/mol. The molecular formula is C13H8O3S. The van der Waals surface area contributed by atoms with E-state index in [2.05, 4.69) is 0 Å². The molecule has 3 rings (SSSR count). The molecule has 0 saturated carbocycles. The molecule has 0 fully saturated rings. The number of hydrogen-bond donors (Lipinski definition) is 1. The number of rotatable bonds is 1. The summed E-state index contributed by atoms with van der Waals surface area (Å²) in [6.07, 6.45) is 0. The molecule has 84 valence electrons. The molecule has 2 heterocycles. The number of benzene rings is 1. The molecule has 0 saturated heterocycles. The van der Waals surface area contributed by atoms with Crippen molar-refractivity contribution < 1.29 is 9.52 Å². The lowest BCUT2D eigenvalue weighted by Crippen LogP contribution is -1.97. The maximum atomic E-state index is 11.5. The Hall–Kier alpha value is -2.07. The molecule has 3 aromatic rings. The Morgan fingerprint density at radius 2 is 2.06 bits per heavy atom. The van der Waals surface area contributed by atoms with E-state index in [1.807, 2.05) is 17.5 Å². The predicted molar refractivity (Wildman–Crippen MR) is 67.5 cm³/mol. The van der Waals surface area contributed by atoms with E-state index in [0.29, 0.717) is 5.58 Å². The van der Waals surface area contributed by atoms with Gasteiger partial charge in [-0.05, 0) is 23.6 Å². The highest BCUT2D eigenvalue weighted by Crippen LogP contribution is 2.31. The Bertz CT molecular complexity index is 726. The fourth-order valence-electron chi connectivity index (χ4n) is 1.79. The summed E-state index contributed by atoms with van der Waals surface area (Å²) in [5.41, 5.74) is 0.832. The van der Waals surface area contributed by atoms with E-state index in [1.54, 1.807) is 23.5 Å². The van der Waals surface area contributed by atoms with Crippen molar-refractivity contribution in [1.82, 2.24) is 0 Å². The molecule has 0 spiro atoms. The lowest BCUT2D eigenvalue weighted by molar-refractivity contribution is 0.473. The summed E-state index contributed by atoms with van der Waals surface area (Å²) < 4.78 is 5.07. The maximum Gasteiger partial charge on any atom is 0.336 e. The summed E-state index contributed by atoms with van der Waals surface area (Å²) in [4.78, 5) is 12.5. The molecule has 0 amide bonds. The van der Waals surface area contributed by atoms with Crippen molar-refractivity contribution in [3.8, 4) is 16.2 Å². The van der Waals surface area contributed by atoms with E-state index in [-0.39, 0.29) is 5.75 Å². The molecule has 0 aliphatic rings. The van der Waals surface area contributed by atoms with Gasteiger partial charge in [-0.15, -0.1) is 11.3 Å². The van der Waals surface area contributed by atoms with Gasteiger partial charge in [0.15, 0.2) is 0 Å². The minimum absolute atomic E-state index is 0.0870. The van der Waals surface area contributed by atoms with E-state index in [4.69, 9.17) is 4.42 Å². The number of thiophene rings is 1. The molecule has 0 aliphatic carbocycles. The minimum atomic E-state index is -0.411. The van der Waals surface area contributed by atoms with Crippen LogP contribution in [0.5, 0.6) is 5.75 Å². The summed E-state index contributed by atoms with van der Waals surface area (Å²) in [7, 11) is 0. The number of aromatic hydroxyl groups is 1. The van der Waals surface area contributed by atoms with Gasteiger partial charge in [-0.25, -0.2) is 4.79 Å². The first-order valence-electron chi connectivity index (χ1n) is 5.05. The highest BCUT2D eigenvalue weighted by Gasteiger charge is 2.08. The molecule has 0 aliphatic heterocycles. The highest BCUT2D eigenvalue weighted by atomic mass is 32.1. The third-order valence-electron chi connectivity index (χ3n) is 2.51. The van der Waals surface area contributed by atoms with Gasteiger partial charge in [-0.3, -0.25) is 0 Å². The van der Waals surface area contributed by atoms with Crippen LogP contribution < -0.4 is 5.63 Å². The molecule has 4 heteroatoms. The van der Waals surface area contributed by atoms with Gasteiger partial charge in [0.25, 0.3) is 0 Å². The Kier molecular flexibility index (Phi) is 2.23. The Labute approximate surface area is 101 Å². The minimum Gasteiger partial charge on any atom is -0.508 e. The van der Waals surface area contributed by atoms with Crippen molar-refractivity contribution >= 4 is 22.3 Å². The summed E-state index contributed by atoms with van der Waals surface area (Å²) in [5, 5.41) is 12.2. The molecule has 0 radical (unpaired) electrons. The number of phenolic OH excluding ortho intramolecular Hbond substituents is 1. The van der Waals surface area contributed by atoms with Gasteiger partial charge in [0.2, 0.25) is 0 Å². The quantitative estimate of drug-likeness (QED) is 0.668. The van der Waals surface area contributed by atoms with Crippen LogP contribution in [0.3, 0.4) is 0 Å². The zero-order valence-electron chi connectivity index (χ0n) is 8.71. The molecule has 2 aromatic heterocycles. The van der Waals surface area contributed by atoms with E-state index < -0.39 is 5.63 Å². The summed E-state index contributed by atoms with van der Waals surface area (Å²) in [5.74, 6) is 0.0870. The van der Waals surface area contributed by atoms with Crippen LogP contribution in [0.15, 0.2) is 51.0 Å². The predicted octanol–water partition coefficient (Wildman–Crippen LogP) is 3.23. The van der Waals surface area contributed by atoms with Crippen LogP contribution in [-0.2, 0) is 0 Å². The van der Waals surface area contributed by atoms with E-state index in [0.717, 1.165) is 15.8 Å². The molecule has 1 aromatic carbocycles. The van der Waals surface area contributed by atoms with Crippen LogP contribution in [0.2, 0.25) is 0 Å². The van der Waals surface area contributed by atoms with Gasteiger partial charge in [-0.1, -0.05) is 6.07 Å². The first-order chi connectivity index (χ1) is 8.24. The highest BCUT2D eigenvalue weighted by molar-refractivity contribution is 7.13.